The van der Waals surface area contributed by atoms with Crippen LogP contribution in [-0.4, -0.2) is 26.6 Å². The van der Waals surface area contributed by atoms with Crippen LogP contribution in [0.25, 0.3) is 22.5 Å². The first kappa shape index (κ1) is 17.0. The van der Waals surface area contributed by atoms with Crippen LogP contribution in [0, 0.1) is 6.92 Å². The molecule has 0 fully saturated rings. The monoisotopic (exact) mass is 392 g/mol. The first-order valence-corrected chi connectivity index (χ1v) is 9.40. The fourth-order valence-corrected chi connectivity index (χ4v) is 3.95. The van der Waals surface area contributed by atoms with Gasteiger partial charge in [-0.25, -0.2) is 4.98 Å². The molecule has 3 aromatic heterocycles. The van der Waals surface area contributed by atoms with Crippen molar-refractivity contribution in [2.45, 2.75) is 19.9 Å². The van der Waals surface area contributed by atoms with Crippen LogP contribution >= 0.6 is 11.6 Å². The van der Waals surface area contributed by atoms with E-state index >= 15 is 0 Å². The number of pyridine rings is 2. The molecule has 0 amide bonds. The minimum atomic E-state index is 0.0979. The van der Waals surface area contributed by atoms with Crippen molar-refractivity contribution in [3.05, 3.63) is 64.4 Å². The van der Waals surface area contributed by atoms with Gasteiger partial charge in [-0.05, 0) is 60.4 Å². The van der Waals surface area contributed by atoms with E-state index in [4.69, 9.17) is 16.0 Å². The van der Waals surface area contributed by atoms with Crippen molar-refractivity contribution in [2.24, 2.45) is 0 Å². The number of fused-ring (bicyclic) bond motifs is 2. The molecule has 0 spiro atoms. The Balaban J connectivity index is 1.52. The van der Waals surface area contributed by atoms with Gasteiger partial charge in [0.2, 0.25) is 5.65 Å². The average molecular weight is 393 g/mol. The van der Waals surface area contributed by atoms with Crippen molar-refractivity contribution < 1.29 is 9.52 Å². The minimum absolute atomic E-state index is 0.0979. The van der Waals surface area contributed by atoms with E-state index in [1.54, 1.807) is 6.07 Å². The second-order valence-electron chi connectivity index (χ2n) is 6.95. The molecule has 4 aromatic rings. The van der Waals surface area contributed by atoms with Gasteiger partial charge in [0, 0.05) is 36.1 Å². The van der Waals surface area contributed by atoms with Crippen molar-refractivity contribution in [2.75, 3.05) is 11.4 Å². The minimum Gasteiger partial charge on any atom is -0.507 e. The second kappa shape index (κ2) is 6.49. The number of aromatic hydroxyl groups is 1. The molecule has 0 radical (unpaired) electrons. The summed E-state index contributed by atoms with van der Waals surface area (Å²) in [6.45, 7) is 3.42. The summed E-state index contributed by atoms with van der Waals surface area (Å²) in [6.07, 6.45) is 4.65. The van der Waals surface area contributed by atoms with Crippen molar-refractivity contribution >= 4 is 28.8 Å². The number of phenols is 1. The Morgan fingerprint density at radius 1 is 1.14 bits per heavy atom. The van der Waals surface area contributed by atoms with Gasteiger partial charge in [-0.2, -0.15) is 4.98 Å². The molecule has 4 heterocycles. The van der Waals surface area contributed by atoms with Crippen LogP contribution < -0.4 is 4.90 Å². The molecule has 0 saturated heterocycles. The Morgan fingerprint density at radius 2 is 2.04 bits per heavy atom. The molecular formula is C21H17ClN4O2. The Bertz CT molecular complexity index is 1180. The molecule has 0 saturated carbocycles. The molecule has 1 aromatic carbocycles. The molecule has 6 nitrogen and oxygen atoms in total. The van der Waals surface area contributed by atoms with Crippen molar-refractivity contribution in [1.29, 1.82) is 0 Å². The second-order valence-corrected chi connectivity index (χ2v) is 7.38. The zero-order valence-corrected chi connectivity index (χ0v) is 15.9. The lowest BCUT2D eigenvalue weighted by molar-refractivity contribution is 0.477. The van der Waals surface area contributed by atoms with Gasteiger partial charge in [-0.3, -0.25) is 4.98 Å². The third-order valence-corrected chi connectivity index (χ3v) is 5.28. The predicted molar refractivity (Wildman–Crippen MR) is 108 cm³/mol. The van der Waals surface area contributed by atoms with Crippen LogP contribution in [0.15, 0.2) is 47.1 Å². The molecular weight excluding hydrogens is 376 g/mol. The van der Waals surface area contributed by atoms with Crippen LogP contribution in [0.3, 0.4) is 0 Å². The number of hydrogen-bond acceptors (Lipinski definition) is 6. The number of aromatic nitrogens is 3. The van der Waals surface area contributed by atoms with E-state index in [0.717, 1.165) is 18.5 Å². The molecule has 0 bridgehead atoms. The summed E-state index contributed by atoms with van der Waals surface area (Å²) in [6, 6.07) is 9.59. The number of anilines is 1. The van der Waals surface area contributed by atoms with Gasteiger partial charge in [0.25, 0.3) is 6.01 Å². The maximum atomic E-state index is 10.3. The number of halogens is 1. The summed E-state index contributed by atoms with van der Waals surface area (Å²) in [5.41, 5.74) is 5.75. The molecule has 0 atom stereocenters. The van der Waals surface area contributed by atoms with Crippen molar-refractivity contribution in [3.63, 3.8) is 0 Å². The maximum Gasteiger partial charge on any atom is 0.300 e. The lowest BCUT2D eigenvalue weighted by Gasteiger charge is -2.26. The van der Waals surface area contributed by atoms with Gasteiger partial charge in [0.15, 0.2) is 5.58 Å². The zero-order valence-electron chi connectivity index (χ0n) is 15.2. The number of hydrogen-bond donors (Lipinski definition) is 1. The Kier molecular flexibility index (Phi) is 3.94. The van der Waals surface area contributed by atoms with Crippen LogP contribution in [0.1, 0.15) is 16.7 Å². The van der Waals surface area contributed by atoms with Crippen molar-refractivity contribution in [3.8, 4) is 17.0 Å². The molecule has 0 unspecified atom stereocenters. The van der Waals surface area contributed by atoms with E-state index in [1.165, 1.54) is 17.2 Å². The lowest BCUT2D eigenvalue weighted by Crippen LogP contribution is -2.30. The van der Waals surface area contributed by atoms with Gasteiger partial charge < -0.3 is 14.4 Å². The highest BCUT2D eigenvalue weighted by Gasteiger charge is 2.21. The zero-order chi connectivity index (χ0) is 19.3. The molecule has 1 aliphatic heterocycles. The molecule has 1 N–H and O–H groups in total. The first-order valence-electron chi connectivity index (χ1n) is 9.02. The summed E-state index contributed by atoms with van der Waals surface area (Å²) in [5.74, 6) is 0.0979. The average Bonchev–Trinajstić information content (AvgIpc) is 3.10. The number of phenolic OH excluding ortho intramolecular Hbond substituents is 1. The van der Waals surface area contributed by atoms with Crippen molar-refractivity contribution in [1.82, 2.24) is 15.0 Å². The summed E-state index contributed by atoms with van der Waals surface area (Å²) >= 11 is 6.01. The first-order chi connectivity index (χ1) is 13.6. The highest BCUT2D eigenvalue weighted by atomic mass is 35.5. The van der Waals surface area contributed by atoms with Gasteiger partial charge >= 0.3 is 0 Å². The van der Waals surface area contributed by atoms with E-state index in [2.05, 4.69) is 25.9 Å². The Hall–Kier alpha value is -3.12. The van der Waals surface area contributed by atoms with Gasteiger partial charge in [0.1, 0.15) is 5.75 Å². The Morgan fingerprint density at radius 3 is 2.89 bits per heavy atom. The highest BCUT2D eigenvalue weighted by molar-refractivity contribution is 6.31. The van der Waals surface area contributed by atoms with E-state index in [-0.39, 0.29) is 5.75 Å². The van der Waals surface area contributed by atoms with Crippen LogP contribution in [0.4, 0.5) is 6.01 Å². The van der Waals surface area contributed by atoms with E-state index < -0.39 is 0 Å². The summed E-state index contributed by atoms with van der Waals surface area (Å²) in [4.78, 5) is 15.5. The van der Waals surface area contributed by atoms with Crippen LogP contribution in [0.5, 0.6) is 5.75 Å². The molecule has 28 heavy (non-hydrogen) atoms. The SMILES string of the molecule is Cc1cc(Cl)cc(O)c1-c1ccc2oc(N3CCc4ccncc4C3)nc2n1. The standard InChI is InChI=1S/C21H17ClN4O2/c1-12-8-15(22)9-17(27)19(12)16-2-3-18-20(24-16)25-21(28-18)26-7-5-13-4-6-23-10-14(13)11-26/h2-4,6,8-10,27H,5,7,11H2,1H3. The fourth-order valence-electron chi connectivity index (χ4n) is 3.69. The number of aryl methyl sites for hydroxylation is 1. The third-order valence-electron chi connectivity index (χ3n) is 5.07. The molecule has 7 heteroatoms. The van der Waals surface area contributed by atoms with E-state index in [1.807, 2.05) is 31.5 Å². The van der Waals surface area contributed by atoms with Gasteiger partial charge in [-0.15, -0.1) is 0 Å². The Labute approximate surface area is 166 Å². The number of benzene rings is 1. The number of oxazole rings is 1. The summed E-state index contributed by atoms with van der Waals surface area (Å²) in [7, 11) is 0. The topological polar surface area (TPSA) is 75.3 Å². The number of rotatable bonds is 2. The molecule has 5 rings (SSSR count). The molecule has 0 aliphatic carbocycles. The maximum absolute atomic E-state index is 10.3. The molecule has 1 aliphatic rings. The number of nitrogens with zero attached hydrogens (tertiary/aromatic N) is 4. The van der Waals surface area contributed by atoms with E-state index in [9.17, 15) is 5.11 Å². The van der Waals surface area contributed by atoms with Crippen LogP contribution in [0.2, 0.25) is 5.02 Å². The molecule has 140 valence electrons. The van der Waals surface area contributed by atoms with Gasteiger partial charge in [-0.1, -0.05) is 11.6 Å². The summed E-state index contributed by atoms with van der Waals surface area (Å²) in [5, 5.41) is 10.8. The van der Waals surface area contributed by atoms with Gasteiger partial charge in [0.05, 0.1) is 5.69 Å². The largest absolute Gasteiger partial charge is 0.507 e. The fraction of sp³-hybridized carbons (Fsp3) is 0.190. The van der Waals surface area contributed by atoms with E-state index in [0.29, 0.717) is 40.1 Å². The smallest absolute Gasteiger partial charge is 0.300 e. The highest BCUT2D eigenvalue weighted by Crippen LogP contribution is 2.35. The normalized spacial score (nSPS) is 13.7. The predicted octanol–water partition coefficient (Wildman–Crippen LogP) is 4.51. The van der Waals surface area contributed by atoms with Crippen LogP contribution in [-0.2, 0) is 13.0 Å². The lowest BCUT2D eigenvalue weighted by atomic mass is 10.0. The quantitative estimate of drug-likeness (QED) is 0.540. The third kappa shape index (κ3) is 2.86. The summed E-state index contributed by atoms with van der Waals surface area (Å²) < 4.78 is 5.94.